The molecule has 13 heteroatoms. The zero-order valence-corrected chi connectivity index (χ0v) is 8.56. The summed E-state index contributed by atoms with van der Waals surface area (Å²) in [5.74, 6) is 0. The number of halogens is 8. The van der Waals surface area contributed by atoms with Gasteiger partial charge in [-0.05, 0) is 0 Å². The molecule has 0 fully saturated rings. The smallest absolute Gasteiger partial charge is 0.370 e. The maximum absolute atomic E-state index is 12.5. The van der Waals surface area contributed by atoms with E-state index in [9.17, 15) is 35.1 Å². The fourth-order valence-electron chi connectivity index (χ4n) is 0.610. The van der Waals surface area contributed by atoms with Crippen LogP contribution < -0.4 is 0 Å². The lowest BCUT2D eigenvalue weighted by atomic mass is 10.5. The number of rotatable bonds is 8. The fourth-order valence-corrected chi connectivity index (χ4v) is 0.610. The van der Waals surface area contributed by atoms with E-state index in [1.165, 1.54) is 0 Å². The maximum atomic E-state index is 12.5. The Morgan fingerprint density at radius 2 is 0.842 bits per heavy atom. The van der Waals surface area contributed by atoms with Crippen LogP contribution in [0.4, 0.5) is 35.1 Å². The van der Waals surface area contributed by atoms with Crippen molar-refractivity contribution >= 4 is 0 Å². The minimum absolute atomic E-state index is 2.02. The average molecular weight is 310 g/mol. The standard InChI is InChI=1S/C6H6F8O5/c7-3(8,17-1-15)5(11,12)19-6(13,14)4(9,10)18-2-16/h15-16H,1-2H2. The van der Waals surface area contributed by atoms with E-state index in [1.807, 2.05) is 4.74 Å². The first kappa shape index (κ1) is 18.2. The van der Waals surface area contributed by atoms with E-state index in [0.29, 0.717) is 0 Å². The van der Waals surface area contributed by atoms with Crippen molar-refractivity contribution < 1.29 is 59.5 Å². The Balaban J connectivity index is 5.09. The molecule has 5 nitrogen and oxygen atoms in total. The predicted octanol–water partition coefficient (Wildman–Crippen LogP) is 1.31. The van der Waals surface area contributed by atoms with E-state index in [0.717, 1.165) is 0 Å². The molecule has 0 aromatic rings. The summed E-state index contributed by atoms with van der Waals surface area (Å²) < 4.78 is 107. The topological polar surface area (TPSA) is 68.2 Å². The van der Waals surface area contributed by atoms with Crippen LogP contribution in [-0.4, -0.2) is 48.2 Å². The number of ether oxygens (including phenoxy) is 3. The summed E-state index contributed by atoms with van der Waals surface area (Å²) >= 11 is 0. The molecule has 0 spiro atoms. The van der Waals surface area contributed by atoms with Crippen LogP contribution in [0.5, 0.6) is 0 Å². The van der Waals surface area contributed by atoms with Crippen molar-refractivity contribution in [3.8, 4) is 0 Å². The quantitative estimate of drug-likeness (QED) is 0.522. The van der Waals surface area contributed by atoms with Gasteiger partial charge in [-0.3, -0.25) is 9.47 Å². The first-order valence-corrected chi connectivity index (χ1v) is 4.04. The van der Waals surface area contributed by atoms with Gasteiger partial charge in [-0.2, -0.15) is 35.1 Å². The summed E-state index contributed by atoms with van der Waals surface area (Å²) in [4.78, 5) is 0. The SMILES string of the molecule is OCOC(F)(F)C(F)(F)OC(F)(F)C(F)(F)OCO. The molecule has 0 saturated heterocycles. The Kier molecular flexibility index (Phi) is 5.47. The zero-order chi connectivity index (χ0) is 15.5. The van der Waals surface area contributed by atoms with E-state index in [-0.39, 0.29) is 0 Å². The Labute approximate surface area is 98.8 Å². The van der Waals surface area contributed by atoms with Crippen LogP contribution in [0, 0.1) is 0 Å². The number of hydrogen-bond acceptors (Lipinski definition) is 5. The van der Waals surface area contributed by atoms with Gasteiger partial charge in [0.1, 0.15) is 13.6 Å². The number of hydrogen-bond donors (Lipinski definition) is 2. The van der Waals surface area contributed by atoms with Crippen molar-refractivity contribution in [2.75, 3.05) is 13.6 Å². The Bertz CT molecular complexity index is 267. The molecule has 19 heavy (non-hydrogen) atoms. The van der Waals surface area contributed by atoms with Gasteiger partial charge in [-0.25, -0.2) is 4.74 Å². The van der Waals surface area contributed by atoms with Crippen molar-refractivity contribution in [2.24, 2.45) is 0 Å². The monoisotopic (exact) mass is 310 g/mol. The van der Waals surface area contributed by atoms with Crippen LogP contribution in [-0.2, 0) is 14.2 Å². The van der Waals surface area contributed by atoms with Crippen LogP contribution in [0.1, 0.15) is 0 Å². The number of alkyl halides is 8. The molecule has 0 aliphatic carbocycles. The second-order valence-corrected chi connectivity index (χ2v) is 2.72. The van der Waals surface area contributed by atoms with Crippen molar-refractivity contribution in [3.05, 3.63) is 0 Å². The summed E-state index contributed by atoms with van der Waals surface area (Å²) in [6.45, 7) is -4.05. The molecular weight excluding hydrogens is 304 g/mol. The minimum Gasteiger partial charge on any atom is -0.370 e. The van der Waals surface area contributed by atoms with Gasteiger partial charge in [0.25, 0.3) is 0 Å². The Morgan fingerprint density at radius 1 is 0.579 bits per heavy atom. The van der Waals surface area contributed by atoms with Crippen molar-refractivity contribution in [1.29, 1.82) is 0 Å². The summed E-state index contributed by atoms with van der Waals surface area (Å²) in [7, 11) is 0. The highest BCUT2D eigenvalue weighted by Gasteiger charge is 2.71. The van der Waals surface area contributed by atoms with Crippen LogP contribution in [0.3, 0.4) is 0 Å². The highest BCUT2D eigenvalue weighted by molar-refractivity contribution is 4.74. The molecule has 0 radical (unpaired) electrons. The molecule has 0 unspecified atom stereocenters. The van der Waals surface area contributed by atoms with Crippen LogP contribution >= 0.6 is 0 Å². The summed E-state index contributed by atoms with van der Waals surface area (Å²) in [5, 5.41) is 15.6. The number of aliphatic hydroxyl groups is 2. The lowest BCUT2D eigenvalue weighted by Gasteiger charge is -2.31. The van der Waals surface area contributed by atoms with E-state index >= 15 is 0 Å². The molecule has 0 amide bonds. The largest absolute Gasteiger partial charge is 0.453 e. The highest BCUT2D eigenvalue weighted by Crippen LogP contribution is 2.45. The molecule has 0 aromatic carbocycles. The predicted molar refractivity (Wildman–Crippen MR) is 37.2 cm³/mol. The Morgan fingerprint density at radius 3 is 1.05 bits per heavy atom. The van der Waals surface area contributed by atoms with E-state index in [2.05, 4.69) is 9.47 Å². The second kappa shape index (κ2) is 5.70. The van der Waals surface area contributed by atoms with Crippen LogP contribution in [0.2, 0.25) is 0 Å². The van der Waals surface area contributed by atoms with Gasteiger partial charge in [0.05, 0.1) is 0 Å². The molecule has 0 aliphatic heterocycles. The van der Waals surface area contributed by atoms with Gasteiger partial charge < -0.3 is 10.2 Å². The molecule has 116 valence electrons. The fraction of sp³-hybridized carbons (Fsp3) is 1.00. The minimum atomic E-state index is -6.22. The first-order chi connectivity index (χ1) is 8.33. The van der Waals surface area contributed by atoms with Crippen molar-refractivity contribution in [2.45, 2.75) is 24.4 Å². The van der Waals surface area contributed by atoms with Gasteiger partial charge in [0.15, 0.2) is 0 Å². The van der Waals surface area contributed by atoms with Crippen LogP contribution in [0.15, 0.2) is 0 Å². The summed E-state index contributed by atoms with van der Waals surface area (Å²) in [6, 6.07) is 0. The molecule has 0 aromatic heterocycles. The van der Waals surface area contributed by atoms with Crippen LogP contribution in [0.25, 0.3) is 0 Å². The molecule has 0 heterocycles. The third-order valence-electron chi connectivity index (χ3n) is 1.43. The number of aliphatic hydroxyl groups excluding tert-OH is 2. The lowest BCUT2D eigenvalue weighted by Crippen LogP contribution is -2.55. The average Bonchev–Trinajstić information content (AvgIpc) is 2.14. The zero-order valence-electron chi connectivity index (χ0n) is 8.56. The molecule has 0 atom stereocenters. The third kappa shape index (κ3) is 4.10. The second-order valence-electron chi connectivity index (χ2n) is 2.72. The maximum Gasteiger partial charge on any atom is 0.453 e. The normalized spacial score (nSPS) is 14.8. The highest BCUT2D eigenvalue weighted by atomic mass is 19.3. The summed E-state index contributed by atoms with van der Waals surface area (Å²) in [6.07, 6.45) is -24.1. The van der Waals surface area contributed by atoms with E-state index < -0.39 is 38.0 Å². The van der Waals surface area contributed by atoms with Crippen molar-refractivity contribution in [1.82, 2.24) is 0 Å². The Hall–Kier alpha value is -0.760. The van der Waals surface area contributed by atoms with Gasteiger partial charge >= 0.3 is 24.4 Å². The van der Waals surface area contributed by atoms with Gasteiger partial charge in [-0.1, -0.05) is 0 Å². The first-order valence-electron chi connectivity index (χ1n) is 4.04. The van der Waals surface area contributed by atoms with Gasteiger partial charge in [-0.15, -0.1) is 0 Å². The molecular formula is C6H6F8O5. The van der Waals surface area contributed by atoms with Gasteiger partial charge in [0, 0.05) is 0 Å². The molecule has 0 saturated carbocycles. The molecule has 0 rings (SSSR count). The van der Waals surface area contributed by atoms with Crippen molar-refractivity contribution in [3.63, 3.8) is 0 Å². The molecule has 0 bridgehead atoms. The third-order valence-corrected chi connectivity index (χ3v) is 1.43. The lowest BCUT2D eigenvalue weighted by molar-refractivity contribution is -0.533. The molecule has 2 N–H and O–H groups in total. The summed E-state index contributed by atoms with van der Waals surface area (Å²) in [5.41, 5.74) is 0. The van der Waals surface area contributed by atoms with E-state index in [1.54, 1.807) is 0 Å². The molecule has 0 aliphatic rings. The van der Waals surface area contributed by atoms with Gasteiger partial charge in [0.2, 0.25) is 0 Å². The van der Waals surface area contributed by atoms with E-state index in [4.69, 9.17) is 10.2 Å².